The largest absolute Gasteiger partial charge is 0.497 e. The van der Waals surface area contributed by atoms with Crippen molar-refractivity contribution in [3.05, 3.63) is 23.2 Å². The van der Waals surface area contributed by atoms with Crippen LogP contribution in [0.1, 0.15) is 0 Å². The summed E-state index contributed by atoms with van der Waals surface area (Å²) in [7, 11) is -4.84. The number of hydrogen-bond donors (Lipinski definition) is 0. The molecule has 138 valence electrons. The second-order valence-corrected chi connectivity index (χ2v) is 8.11. The fraction of sp³-hybridized carbons (Fsp3) is 0.571. The molecule has 0 N–H and O–H groups in total. The molecule has 3 aliphatic heterocycles. The third-order valence-corrected chi connectivity index (χ3v) is 4.75. The lowest BCUT2D eigenvalue weighted by Crippen LogP contribution is -2.29. The van der Waals surface area contributed by atoms with Crippen LogP contribution in [0, 0.1) is 0 Å². The van der Waals surface area contributed by atoms with Gasteiger partial charge in [-0.25, -0.2) is 8.42 Å². The zero-order valence-corrected chi connectivity index (χ0v) is 14.2. The number of sulfone groups is 1. The van der Waals surface area contributed by atoms with E-state index >= 15 is 0 Å². The molecule has 0 aromatic carbocycles. The molecule has 0 bridgehead atoms. The molecule has 1 aliphatic carbocycles. The number of nitrogens with zero attached hydrogens (tertiary/aromatic N) is 3. The standard InChI is InChI=1S/C12H13N3O2.C2H3F3O2S/c16-9-7-8(13-1-2-13)12(17)11(15-5-6-15)10(9)14-3-4-14;1-8(6,7)2(3,4)5/h7H,1-6H2;1H3. The molecule has 4 rings (SSSR count). The van der Waals surface area contributed by atoms with Crippen molar-refractivity contribution in [1.82, 2.24) is 14.7 Å². The van der Waals surface area contributed by atoms with E-state index in [0.29, 0.717) is 17.1 Å². The van der Waals surface area contributed by atoms with Gasteiger partial charge in [0.2, 0.25) is 21.4 Å². The van der Waals surface area contributed by atoms with Crippen molar-refractivity contribution in [2.75, 3.05) is 45.5 Å². The Morgan fingerprint density at radius 3 is 1.64 bits per heavy atom. The minimum absolute atomic E-state index is 0.00546. The van der Waals surface area contributed by atoms with Gasteiger partial charge in [0.05, 0.1) is 5.70 Å². The molecule has 0 saturated carbocycles. The topological polar surface area (TPSA) is 77.3 Å². The quantitative estimate of drug-likeness (QED) is 0.494. The Labute approximate surface area is 142 Å². The van der Waals surface area contributed by atoms with Gasteiger partial charge >= 0.3 is 5.51 Å². The van der Waals surface area contributed by atoms with Crippen molar-refractivity contribution in [1.29, 1.82) is 0 Å². The number of carbonyl (C=O) groups is 2. The Hall–Kier alpha value is -2.04. The Balaban J connectivity index is 0.000000197. The maximum absolute atomic E-state index is 12.4. The first-order chi connectivity index (χ1) is 11.5. The van der Waals surface area contributed by atoms with E-state index in [-0.39, 0.29) is 17.8 Å². The lowest BCUT2D eigenvalue weighted by molar-refractivity contribution is -0.117. The predicted octanol–water partition coefficient (Wildman–Crippen LogP) is -0.269. The smallest absolute Gasteiger partial charge is 0.365 e. The molecule has 0 aromatic rings. The van der Waals surface area contributed by atoms with E-state index in [1.807, 2.05) is 14.7 Å². The third kappa shape index (κ3) is 3.80. The average molecular weight is 379 g/mol. The van der Waals surface area contributed by atoms with Crippen molar-refractivity contribution >= 4 is 21.4 Å². The second kappa shape index (κ2) is 5.75. The second-order valence-electron chi connectivity index (χ2n) is 6.10. The van der Waals surface area contributed by atoms with E-state index in [2.05, 4.69) is 0 Å². The van der Waals surface area contributed by atoms with Gasteiger partial charge in [0.15, 0.2) is 0 Å². The van der Waals surface area contributed by atoms with Crippen LogP contribution in [0.5, 0.6) is 0 Å². The summed E-state index contributed by atoms with van der Waals surface area (Å²) in [4.78, 5) is 30.5. The van der Waals surface area contributed by atoms with Gasteiger partial charge in [-0.2, -0.15) is 13.2 Å². The lowest BCUT2D eigenvalue weighted by atomic mass is 10.0. The van der Waals surface area contributed by atoms with Gasteiger partial charge in [-0.15, -0.1) is 0 Å². The predicted molar refractivity (Wildman–Crippen MR) is 80.7 cm³/mol. The van der Waals surface area contributed by atoms with Crippen LogP contribution >= 0.6 is 0 Å². The number of ketones is 2. The number of alkyl halides is 3. The number of halogens is 3. The summed E-state index contributed by atoms with van der Waals surface area (Å²) in [6, 6.07) is 0. The normalized spacial score (nSPS) is 22.6. The maximum atomic E-state index is 12.4. The zero-order valence-electron chi connectivity index (χ0n) is 13.3. The van der Waals surface area contributed by atoms with Crippen LogP contribution in [0.2, 0.25) is 0 Å². The van der Waals surface area contributed by atoms with Crippen molar-refractivity contribution in [3.8, 4) is 0 Å². The highest BCUT2D eigenvalue weighted by molar-refractivity contribution is 7.91. The molecule has 7 nitrogen and oxygen atoms in total. The van der Waals surface area contributed by atoms with Gasteiger partial charge < -0.3 is 14.7 Å². The summed E-state index contributed by atoms with van der Waals surface area (Å²) in [6.45, 7) is 5.41. The van der Waals surface area contributed by atoms with E-state index in [9.17, 15) is 31.2 Å². The Morgan fingerprint density at radius 2 is 1.28 bits per heavy atom. The first kappa shape index (κ1) is 17.8. The summed E-state index contributed by atoms with van der Waals surface area (Å²) in [6.07, 6.45) is 1.64. The van der Waals surface area contributed by atoms with E-state index < -0.39 is 15.3 Å². The molecule has 0 atom stereocenters. The van der Waals surface area contributed by atoms with Crippen LogP contribution in [0.4, 0.5) is 13.2 Å². The molecule has 0 radical (unpaired) electrons. The Kier molecular flexibility index (Phi) is 4.09. The molecule has 3 heterocycles. The van der Waals surface area contributed by atoms with Crippen LogP contribution < -0.4 is 0 Å². The minimum Gasteiger partial charge on any atom is -0.365 e. The number of Topliss-reactive ketones (excluding diaryl/α,β-unsaturated/α-hetero) is 1. The minimum atomic E-state index is -5.09. The van der Waals surface area contributed by atoms with Gasteiger partial charge in [0.25, 0.3) is 0 Å². The SMILES string of the molecule is CS(=O)(=O)C(F)(F)F.O=C1C=C(N2CC2)C(=O)C(N2CC2)=C1N1CC1. The van der Waals surface area contributed by atoms with Crippen LogP contribution in [-0.2, 0) is 19.4 Å². The van der Waals surface area contributed by atoms with Gasteiger partial charge in [-0.3, -0.25) is 9.59 Å². The monoisotopic (exact) mass is 379 g/mol. The highest BCUT2D eigenvalue weighted by Crippen LogP contribution is 2.33. The van der Waals surface area contributed by atoms with E-state index in [0.717, 1.165) is 39.3 Å². The van der Waals surface area contributed by atoms with Gasteiger partial charge in [-0.1, -0.05) is 0 Å². The van der Waals surface area contributed by atoms with Crippen LogP contribution in [-0.4, -0.2) is 85.7 Å². The zero-order chi connectivity index (χ0) is 18.6. The molecule has 0 spiro atoms. The van der Waals surface area contributed by atoms with Gasteiger partial charge in [0, 0.05) is 51.6 Å². The van der Waals surface area contributed by atoms with E-state index in [1.54, 1.807) is 0 Å². The Bertz CT molecular complexity index is 789. The number of allylic oxidation sites excluding steroid dienone is 1. The molecular formula is C14H16F3N3O4S. The van der Waals surface area contributed by atoms with Crippen molar-refractivity contribution in [2.24, 2.45) is 0 Å². The third-order valence-electron chi connectivity index (χ3n) is 3.91. The van der Waals surface area contributed by atoms with E-state index in [4.69, 9.17) is 0 Å². The van der Waals surface area contributed by atoms with Crippen molar-refractivity contribution in [2.45, 2.75) is 5.51 Å². The van der Waals surface area contributed by atoms with Gasteiger partial charge in [0.1, 0.15) is 11.4 Å². The Morgan fingerprint density at radius 1 is 0.880 bits per heavy atom. The summed E-state index contributed by atoms with van der Waals surface area (Å²) >= 11 is 0. The van der Waals surface area contributed by atoms with Crippen molar-refractivity contribution in [3.63, 3.8) is 0 Å². The van der Waals surface area contributed by atoms with E-state index in [1.165, 1.54) is 6.08 Å². The summed E-state index contributed by atoms with van der Waals surface area (Å²) in [5.41, 5.74) is -3.20. The number of hydrogen-bond acceptors (Lipinski definition) is 7. The molecule has 11 heteroatoms. The molecule has 25 heavy (non-hydrogen) atoms. The van der Waals surface area contributed by atoms with Crippen LogP contribution in [0.15, 0.2) is 23.2 Å². The lowest BCUT2D eigenvalue weighted by Gasteiger charge is -2.21. The van der Waals surface area contributed by atoms with Crippen molar-refractivity contribution < 1.29 is 31.2 Å². The summed E-state index contributed by atoms with van der Waals surface area (Å²) < 4.78 is 52.0. The molecule has 3 fully saturated rings. The summed E-state index contributed by atoms with van der Waals surface area (Å²) in [5, 5.41) is 0. The van der Waals surface area contributed by atoms with Crippen LogP contribution in [0.3, 0.4) is 0 Å². The highest BCUT2D eigenvalue weighted by Gasteiger charge is 2.43. The first-order valence-corrected chi connectivity index (χ1v) is 9.46. The molecule has 4 aliphatic rings. The fourth-order valence-corrected chi connectivity index (χ4v) is 2.28. The number of carbonyl (C=O) groups excluding carboxylic acids is 2. The molecule has 0 unspecified atom stereocenters. The van der Waals surface area contributed by atoms with Gasteiger partial charge in [-0.05, 0) is 0 Å². The highest BCUT2D eigenvalue weighted by atomic mass is 32.2. The fourth-order valence-electron chi connectivity index (χ4n) is 2.28. The molecular weight excluding hydrogens is 363 g/mol. The summed E-state index contributed by atoms with van der Waals surface area (Å²) in [5.74, 6) is 0.0485. The first-order valence-electron chi connectivity index (χ1n) is 7.57. The molecule has 3 saturated heterocycles. The van der Waals surface area contributed by atoms with Crippen LogP contribution in [0.25, 0.3) is 0 Å². The molecule has 0 aromatic heterocycles. The average Bonchev–Trinajstić information content (AvgIpc) is 3.35. The maximum Gasteiger partial charge on any atom is 0.497 e. The number of rotatable bonds is 3. The molecule has 0 amide bonds.